The molecular weight excluding hydrogens is 749 g/mol. The van der Waals surface area contributed by atoms with Gasteiger partial charge in [0.15, 0.2) is 0 Å². The molecule has 2 nitrogen and oxygen atoms in total. The Bertz CT molecular complexity index is 3370. The van der Waals surface area contributed by atoms with Gasteiger partial charge >= 0.3 is 0 Å². The summed E-state index contributed by atoms with van der Waals surface area (Å²) in [5.41, 5.74) is 22.6. The number of benzene rings is 9. The predicted octanol–water partition coefficient (Wildman–Crippen LogP) is 16.2. The molecule has 0 saturated carbocycles. The van der Waals surface area contributed by atoms with Crippen molar-refractivity contribution in [1.82, 2.24) is 4.57 Å². The molecule has 296 valence electrons. The quantitative estimate of drug-likeness (QED) is 0.163. The molecule has 2 aliphatic carbocycles. The summed E-state index contributed by atoms with van der Waals surface area (Å²) in [5, 5.41) is 2.57. The molecule has 2 aliphatic rings. The van der Waals surface area contributed by atoms with Crippen molar-refractivity contribution in [2.75, 3.05) is 4.90 Å². The highest BCUT2D eigenvalue weighted by molar-refractivity contribution is 6.11. The van der Waals surface area contributed by atoms with Crippen LogP contribution in [-0.2, 0) is 10.8 Å². The van der Waals surface area contributed by atoms with E-state index in [4.69, 9.17) is 0 Å². The normalized spacial score (nSPS) is 14.1. The van der Waals surface area contributed by atoms with E-state index in [1.807, 2.05) is 0 Å². The largest absolute Gasteiger partial charge is 0.310 e. The number of para-hydroxylation sites is 1. The number of hydrogen-bond acceptors (Lipinski definition) is 1. The summed E-state index contributed by atoms with van der Waals surface area (Å²) < 4.78 is 2.45. The van der Waals surface area contributed by atoms with Crippen LogP contribution < -0.4 is 4.90 Å². The fraction of sp³-hybridized carbons (Fsp3) is 0.100. The molecule has 0 aliphatic heterocycles. The molecule has 0 unspecified atom stereocenters. The first-order valence-corrected chi connectivity index (χ1v) is 21.8. The molecule has 12 rings (SSSR count). The maximum absolute atomic E-state index is 2.46. The van der Waals surface area contributed by atoms with Crippen molar-refractivity contribution in [3.63, 3.8) is 0 Å². The third-order valence-electron chi connectivity index (χ3n) is 14.0. The molecule has 0 atom stereocenters. The molecule has 0 saturated heterocycles. The second kappa shape index (κ2) is 13.5. The highest BCUT2D eigenvalue weighted by Gasteiger charge is 2.37. The number of rotatable bonds is 6. The molecule has 0 spiro atoms. The van der Waals surface area contributed by atoms with E-state index in [2.05, 4.69) is 243 Å². The summed E-state index contributed by atoms with van der Waals surface area (Å²) in [4.78, 5) is 2.40. The van der Waals surface area contributed by atoms with Gasteiger partial charge in [0.2, 0.25) is 0 Å². The average molecular weight is 795 g/mol. The molecule has 0 amide bonds. The Morgan fingerprint density at radius 3 is 1.42 bits per heavy atom. The first-order valence-electron chi connectivity index (χ1n) is 21.8. The van der Waals surface area contributed by atoms with E-state index in [1.165, 1.54) is 88.6 Å². The van der Waals surface area contributed by atoms with Gasteiger partial charge in [-0.3, -0.25) is 0 Å². The molecule has 0 radical (unpaired) electrons. The lowest BCUT2D eigenvalue weighted by atomic mass is 9.82. The molecule has 1 aromatic heterocycles. The van der Waals surface area contributed by atoms with Crippen LogP contribution >= 0.6 is 0 Å². The van der Waals surface area contributed by atoms with Crippen molar-refractivity contribution >= 4 is 38.9 Å². The Morgan fingerprint density at radius 2 is 0.790 bits per heavy atom. The Morgan fingerprint density at radius 1 is 0.323 bits per heavy atom. The third-order valence-corrected chi connectivity index (χ3v) is 14.0. The fourth-order valence-electron chi connectivity index (χ4n) is 10.8. The first kappa shape index (κ1) is 36.4. The van der Waals surface area contributed by atoms with Crippen LogP contribution in [0.25, 0.3) is 72.0 Å². The van der Waals surface area contributed by atoms with Gasteiger partial charge in [0.1, 0.15) is 0 Å². The van der Waals surface area contributed by atoms with E-state index in [0.29, 0.717) is 0 Å². The summed E-state index contributed by atoms with van der Waals surface area (Å²) in [6.07, 6.45) is 0. The van der Waals surface area contributed by atoms with Gasteiger partial charge in [0, 0.05) is 44.4 Å². The monoisotopic (exact) mass is 794 g/mol. The van der Waals surface area contributed by atoms with Crippen molar-refractivity contribution in [1.29, 1.82) is 0 Å². The number of anilines is 3. The van der Waals surface area contributed by atoms with Gasteiger partial charge in [-0.05, 0) is 133 Å². The first-order chi connectivity index (χ1) is 30.3. The van der Waals surface area contributed by atoms with Gasteiger partial charge in [-0.2, -0.15) is 0 Å². The fourth-order valence-corrected chi connectivity index (χ4v) is 10.8. The molecule has 62 heavy (non-hydrogen) atoms. The summed E-state index contributed by atoms with van der Waals surface area (Å²) in [7, 11) is 0. The Balaban J connectivity index is 0.917. The van der Waals surface area contributed by atoms with Gasteiger partial charge in [0.25, 0.3) is 0 Å². The van der Waals surface area contributed by atoms with Crippen LogP contribution in [-0.4, -0.2) is 4.57 Å². The van der Waals surface area contributed by atoms with Gasteiger partial charge in [-0.1, -0.05) is 167 Å². The summed E-state index contributed by atoms with van der Waals surface area (Å²) in [6, 6.07) is 76.4. The lowest BCUT2D eigenvalue weighted by Crippen LogP contribution is -2.16. The Kier molecular flexibility index (Phi) is 7.96. The molecule has 1 heterocycles. The maximum atomic E-state index is 2.46. The minimum atomic E-state index is -0.0947. The van der Waals surface area contributed by atoms with Gasteiger partial charge < -0.3 is 9.47 Å². The zero-order valence-corrected chi connectivity index (χ0v) is 35.5. The van der Waals surface area contributed by atoms with Crippen molar-refractivity contribution in [2.45, 2.75) is 38.5 Å². The standard InChI is InChI=1S/C60H46N2/c1-59(2)53-19-11-8-16-47(53)49-35-34-46(36-55(49)59)61(43-28-22-40(23-29-43)39-14-6-5-7-15-39)44-30-24-41(25-31-44)42-26-32-45(33-27-42)62-57-21-13-10-18-50(57)52-37-51-48-17-9-12-20-54(48)60(3,4)56(51)38-58(52)62/h5-38H,1-4H3. The van der Waals surface area contributed by atoms with Crippen LogP contribution in [0, 0.1) is 0 Å². The Labute approximate surface area is 364 Å². The van der Waals surface area contributed by atoms with Crippen LogP contribution in [0.2, 0.25) is 0 Å². The summed E-state index contributed by atoms with van der Waals surface area (Å²) in [5.74, 6) is 0. The van der Waals surface area contributed by atoms with Gasteiger partial charge in [-0.15, -0.1) is 0 Å². The van der Waals surface area contributed by atoms with Gasteiger partial charge in [0.05, 0.1) is 11.0 Å². The number of fused-ring (bicyclic) bond motifs is 9. The second-order valence-electron chi connectivity index (χ2n) is 18.2. The maximum Gasteiger partial charge on any atom is 0.0544 e. The van der Waals surface area contributed by atoms with Crippen LogP contribution in [0.15, 0.2) is 206 Å². The van der Waals surface area contributed by atoms with Crippen molar-refractivity contribution < 1.29 is 0 Å². The number of aromatic nitrogens is 1. The van der Waals surface area contributed by atoms with Gasteiger partial charge in [-0.25, -0.2) is 0 Å². The van der Waals surface area contributed by atoms with Crippen molar-refractivity contribution in [2.24, 2.45) is 0 Å². The van der Waals surface area contributed by atoms with E-state index in [0.717, 1.165) is 22.7 Å². The molecule has 2 heteroatoms. The van der Waals surface area contributed by atoms with Crippen LogP contribution in [0.4, 0.5) is 17.1 Å². The highest BCUT2D eigenvalue weighted by Crippen LogP contribution is 2.52. The van der Waals surface area contributed by atoms with E-state index in [-0.39, 0.29) is 10.8 Å². The third kappa shape index (κ3) is 5.43. The van der Waals surface area contributed by atoms with E-state index < -0.39 is 0 Å². The minimum absolute atomic E-state index is 0.0679. The van der Waals surface area contributed by atoms with Crippen LogP contribution in [0.3, 0.4) is 0 Å². The van der Waals surface area contributed by atoms with E-state index >= 15 is 0 Å². The number of nitrogens with zero attached hydrogens (tertiary/aromatic N) is 2. The van der Waals surface area contributed by atoms with Crippen molar-refractivity contribution in [3.8, 4) is 50.2 Å². The smallest absolute Gasteiger partial charge is 0.0544 e. The highest BCUT2D eigenvalue weighted by atomic mass is 15.1. The summed E-state index contributed by atoms with van der Waals surface area (Å²) >= 11 is 0. The molecule has 0 bridgehead atoms. The molecule has 10 aromatic rings. The summed E-state index contributed by atoms with van der Waals surface area (Å²) in [6.45, 7) is 9.44. The molecule has 0 fully saturated rings. The van der Waals surface area contributed by atoms with Crippen LogP contribution in [0.1, 0.15) is 49.9 Å². The topological polar surface area (TPSA) is 8.17 Å². The van der Waals surface area contributed by atoms with E-state index in [9.17, 15) is 0 Å². The molecule has 0 N–H and O–H groups in total. The molecular formula is C60H46N2. The average Bonchev–Trinajstić information content (AvgIpc) is 3.85. The second-order valence-corrected chi connectivity index (χ2v) is 18.2. The minimum Gasteiger partial charge on any atom is -0.310 e. The molecule has 9 aromatic carbocycles. The lowest BCUT2D eigenvalue weighted by molar-refractivity contribution is 0.660. The zero-order valence-electron chi connectivity index (χ0n) is 35.5. The van der Waals surface area contributed by atoms with E-state index in [1.54, 1.807) is 0 Å². The van der Waals surface area contributed by atoms with Crippen LogP contribution in [0.5, 0.6) is 0 Å². The van der Waals surface area contributed by atoms with Crippen molar-refractivity contribution in [3.05, 3.63) is 229 Å². The SMILES string of the molecule is CC1(C)c2ccccc2-c2ccc(N(c3ccc(-c4ccccc4)cc3)c3ccc(-c4ccc(-n5c6ccccc6c6cc7c(cc65)C(C)(C)c5ccccc5-7)cc4)cc3)cc21. The Hall–Kier alpha value is -7.42. The predicted molar refractivity (Wildman–Crippen MR) is 261 cm³/mol. The lowest BCUT2D eigenvalue weighted by Gasteiger charge is -2.28. The number of hydrogen-bond donors (Lipinski definition) is 0. The zero-order chi connectivity index (χ0) is 41.7.